The third kappa shape index (κ3) is 4.29. The molecule has 152 valence electrons. The van der Waals surface area contributed by atoms with Gasteiger partial charge in [0.1, 0.15) is 12.4 Å². The minimum Gasteiger partial charge on any atom is -0.477 e. The molecule has 1 aromatic heterocycles. The first-order valence-corrected chi connectivity index (χ1v) is 8.58. The van der Waals surface area contributed by atoms with Crippen molar-refractivity contribution in [1.82, 2.24) is 4.98 Å². The second-order valence-electron chi connectivity index (χ2n) is 5.97. The van der Waals surface area contributed by atoms with Crippen LogP contribution in [0.15, 0.2) is 17.1 Å². The number of aliphatic hydroxyl groups is 4. The van der Waals surface area contributed by atoms with Gasteiger partial charge in [0.15, 0.2) is 0 Å². The first-order chi connectivity index (χ1) is 13.5. The van der Waals surface area contributed by atoms with Gasteiger partial charge in [0.05, 0.1) is 32.1 Å². The SMILES string of the molecule is COCCc1c(C(=O)O)[nH]c(/C=N/CO)c1-c1ccc(CO)c(CO)c1CO. The molecule has 0 spiro atoms. The fraction of sp³-hybridized carbons (Fsp3) is 0.368. The maximum absolute atomic E-state index is 11.7. The Labute approximate surface area is 161 Å². The number of hydrogen-bond donors (Lipinski definition) is 6. The third-order valence-corrected chi connectivity index (χ3v) is 4.49. The van der Waals surface area contributed by atoms with Crippen LogP contribution in [0.4, 0.5) is 0 Å². The summed E-state index contributed by atoms with van der Waals surface area (Å²) in [7, 11) is 1.50. The van der Waals surface area contributed by atoms with Crippen molar-refractivity contribution in [3.8, 4) is 11.1 Å². The Kier molecular flexibility index (Phi) is 7.85. The molecule has 9 heteroatoms. The van der Waals surface area contributed by atoms with Crippen LogP contribution < -0.4 is 0 Å². The molecule has 0 saturated heterocycles. The molecule has 9 nitrogen and oxygen atoms in total. The van der Waals surface area contributed by atoms with Crippen LogP contribution in [0.3, 0.4) is 0 Å². The molecule has 0 amide bonds. The number of aliphatic imine (C=N–C) groups is 1. The summed E-state index contributed by atoms with van der Waals surface area (Å²) in [6.07, 6.45) is 1.59. The van der Waals surface area contributed by atoms with Crippen molar-refractivity contribution in [1.29, 1.82) is 0 Å². The van der Waals surface area contributed by atoms with Crippen molar-refractivity contribution >= 4 is 12.2 Å². The Hall–Kier alpha value is -2.56. The Bertz CT molecular complexity index is 858. The molecule has 1 heterocycles. The zero-order chi connectivity index (χ0) is 20.7. The van der Waals surface area contributed by atoms with E-state index in [-0.39, 0.29) is 25.3 Å². The molecule has 6 N–H and O–H groups in total. The van der Waals surface area contributed by atoms with Gasteiger partial charge in [0.25, 0.3) is 0 Å². The summed E-state index contributed by atoms with van der Waals surface area (Å²) < 4.78 is 5.10. The van der Waals surface area contributed by atoms with Gasteiger partial charge >= 0.3 is 5.97 Å². The van der Waals surface area contributed by atoms with Crippen molar-refractivity contribution in [2.45, 2.75) is 26.2 Å². The lowest BCUT2D eigenvalue weighted by molar-refractivity contribution is 0.0689. The van der Waals surface area contributed by atoms with E-state index in [1.54, 1.807) is 12.1 Å². The molecule has 0 saturated carbocycles. The number of carboxylic acid groups (broad SMARTS) is 1. The normalized spacial score (nSPS) is 11.5. The highest BCUT2D eigenvalue weighted by molar-refractivity contribution is 5.98. The molecular weight excluding hydrogens is 368 g/mol. The van der Waals surface area contributed by atoms with E-state index in [0.717, 1.165) is 0 Å². The fourth-order valence-electron chi connectivity index (χ4n) is 3.23. The minimum atomic E-state index is -1.17. The van der Waals surface area contributed by atoms with Crippen LogP contribution in [0.1, 0.15) is 38.4 Å². The van der Waals surface area contributed by atoms with E-state index < -0.39 is 25.9 Å². The van der Waals surface area contributed by atoms with E-state index in [9.17, 15) is 25.2 Å². The maximum atomic E-state index is 11.7. The van der Waals surface area contributed by atoms with Crippen molar-refractivity contribution in [3.05, 3.63) is 45.8 Å². The zero-order valence-electron chi connectivity index (χ0n) is 15.5. The summed E-state index contributed by atoms with van der Waals surface area (Å²) in [5, 5.41) is 47.8. The van der Waals surface area contributed by atoms with E-state index in [4.69, 9.17) is 9.84 Å². The molecular formula is C19H24N2O7. The fourth-order valence-corrected chi connectivity index (χ4v) is 3.23. The molecule has 0 aliphatic heterocycles. The monoisotopic (exact) mass is 392 g/mol. The summed E-state index contributed by atoms with van der Waals surface area (Å²) in [6, 6.07) is 3.26. The van der Waals surface area contributed by atoms with Gasteiger partial charge in [-0.3, -0.25) is 4.99 Å². The third-order valence-electron chi connectivity index (χ3n) is 4.49. The smallest absolute Gasteiger partial charge is 0.352 e. The lowest BCUT2D eigenvalue weighted by atomic mass is 9.89. The number of aromatic carboxylic acids is 1. The number of ether oxygens (including phenoxy) is 1. The molecule has 0 unspecified atom stereocenters. The van der Waals surface area contributed by atoms with Crippen LogP contribution in [0.2, 0.25) is 0 Å². The average Bonchev–Trinajstić information content (AvgIpc) is 3.07. The number of H-pyrrole nitrogens is 1. The molecule has 0 bridgehead atoms. The predicted molar refractivity (Wildman–Crippen MR) is 101 cm³/mol. The van der Waals surface area contributed by atoms with E-state index >= 15 is 0 Å². The highest BCUT2D eigenvalue weighted by Crippen LogP contribution is 2.35. The number of nitrogens with one attached hydrogen (secondary N) is 1. The van der Waals surface area contributed by atoms with Gasteiger partial charge in [0, 0.05) is 18.9 Å². The van der Waals surface area contributed by atoms with Crippen LogP contribution in [-0.2, 0) is 31.0 Å². The van der Waals surface area contributed by atoms with Gasteiger partial charge in [-0.15, -0.1) is 0 Å². The first kappa shape index (κ1) is 21.7. The van der Waals surface area contributed by atoms with E-state index in [1.165, 1.54) is 13.3 Å². The van der Waals surface area contributed by atoms with Crippen LogP contribution in [-0.4, -0.2) is 63.1 Å². The Morgan fingerprint density at radius 3 is 2.36 bits per heavy atom. The van der Waals surface area contributed by atoms with Gasteiger partial charge in [-0.1, -0.05) is 12.1 Å². The lowest BCUT2D eigenvalue weighted by Gasteiger charge is -2.17. The highest BCUT2D eigenvalue weighted by atomic mass is 16.5. The molecule has 0 fully saturated rings. The van der Waals surface area contributed by atoms with Crippen LogP contribution >= 0.6 is 0 Å². The number of methoxy groups -OCH3 is 1. The largest absolute Gasteiger partial charge is 0.477 e. The molecule has 2 rings (SSSR count). The van der Waals surface area contributed by atoms with Gasteiger partial charge < -0.3 is 35.3 Å². The average molecular weight is 392 g/mol. The number of carboxylic acids is 1. The molecule has 1 aromatic carbocycles. The summed E-state index contributed by atoms with van der Waals surface area (Å²) in [5.41, 5.74) is 2.94. The van der Waals surface area contributed by atoms with Crippen molar-refractivity contribution in [2.75, 3.05) is 20.4 Å². The van der Waals surface area contributed by atoms with Gasteiger partial charge in [-0.2, -0.15) is 0 Å². The Morgan fingerprint density at radius 1 is 1.11 bits per heavy atom. The number of rotatable bonds is 10. The van der Waals surface area contributed by atoms with Crippen molar-refractivity contribution in [2.24, 2.45) is 4.99 Å². The Morgan fingerprint density at radius 2 is 1.82 bits per heavy atom. The van der Waals surface area contributed by atoms with Gasteiger partial charge in [-0.25, -0.2) is 4.79 Å². The molecule has 0 aliphatic carbocycles. The number of aromatic nitrogens is 1. The summed E-state index contributed by atoms with van der Waals surface area (Å²) in [4.78, 5) is 18.3. The molecule has 0 atom stereocenters. The van der Waals surface area contributed by atoms with Crippen LogP contribution in [0.25, 0.3) is 11.1 Å². The standard InChI is InChI=1S/C19H24N2O7/c1-28-5-4-13-17(16(6-20-10-25)21-18(13)19(26)27)12-3-2-11(7-22)14(8-23)15(12)9-24/h2-3,6,21-25H,4-5,7-10H2,1H3,(H,26,27)/b20-6+. The molecule has 2 aromatic rings. The first-order valence-electron chi connectivity index (χ1n) is 8.58. The van der Waals surface area contributed by atoms with E-state index in [0.29, 0.717) is 39.1 Å². The molecule has 0 aliphatic rings. The number of nitrogens with zero attached hydrogens (tertiary/aromatic N) is 1. The number of benzene rings is 1. The number of aliphatic hydroxyl groups excluding tert-OH is 4. The molecule has 0 radical (unpaired) electrons. The topological polar surface area (TPSA) is 156 Å². The van der Waals surface area contributed by atoms with Crippen molar-refractivity contribution in [3.63, 3.8) is 0 Å². The van der Waals surface area contributed by atoms with Crippen molar-refractivity contribution < 1.29 is 35.1 Å². The molecule has 28 heavy (non-hydrogen) atoms. The van der Waals surface area contributed by atoms with Gasteiger partial charge in [-0.05, 0) is 34.2 Å². The van der Waals surface area contributed by atoms with Crippen LogP contribution in [0.5, 0.6) is 0 Å². The quantitative estimate of drug-likeness (QED) is 0.320. The second-order valence-corrected chi connectivity index (χ2v) is 5.97. The predicted octanol–water partition coefficient (Wildman–Crippen LogP) is 0.414. The maximum Gasteiger partial charge on any atom is 0.352 e. The highest BCUT2D eigenvalue weighted by Gasteiger charge is 2.25. The van der Waals surface area contributed by atoms with E-state index in [1.807, 2.05) is 0 Å². The summed E-state index contributed by atoms with van der Waals surface area (Å²) >= 11 is 0. The minimum absolute atomic E-state index is 0.0490. The van der Waals surface area contributed by atoms with Crippen LogP contribution in [0, 0.1) is 0 Å². The lowest BCUT2D eigenvalue weighted by Crippen LogP contribution is -2.07. The summed E-state index contributed by atoms with van der Waals surface area (Å²) in [5.74, 6) is -1.17. The van der Waals surface area contributed by atoms with Gasteiger partial charge in [0.2, 0.25) is 0 Å². The number of hydrogen-bond acceptors (Lipinski definition) is 7. The summed E-state index contributed by atoms with van der Waals surface area (Å²) in [6.45, 7) is -1.35. The second kappa shape index (κ2) is 10.1. The zero-order valence-corrected chi connectivity index (χ0v) is 15.5. The van der Waals surface area contributed by atoms with E-state index in [2.05, 4.69) is 9.98 Å². The number of aromatic amines is 1. The number of carbonyl (C=O) groups is 1. The Balaban J connectivity index is 2.85.